The summed E-state index contributed by atoms with van der Waals surface area (Å²) in [5.74, 6) is 0.980. The summed E-state index contributed by atoms with van der Waals surface area (Å²) in [6, 6.07) is 23.2. The van der Waals surface area contributed by atoms with Crippen LogP contribution in [0.25, 0.3) is 24.3 Å². The number of amides is 2. The van der Waals surface area contributed by atoms with E-state index in [-0.39, 0.29) is 44.4 Å². The van der Waals surface area contributed by atoms with Crippen LogP contribution in [0, 0.1) is 11.8 Å². The van der Waals surface area contributed by atoms with E-state index in [0.717, 1.165) is 113 Å². The van der Waals surface area contributed by atoms with E-state index in [1.54, 1.807) is 42.9 Å². The highest BCUT2D eigenvalue weighted by molar-refractivity contribution is 9.10. The molecular formula is C54H57Br2Cl2N6O5+3. The Bertz CT molecular complexity index is 2830. The van der Waals surface area contributed by atoms with Crippen LogP contribution in [0.2, 0.25) is 10.0 Å². The number of nitrogens with zero attached hydrogens (tertiary/aromatic N) is 6. The van der Waals surface area contributed by atoms with Gasteiger partial charge in [-0.05, 0) is 151 Å². The minimum atomic E-state index is -0.0262. The molecule has 2 aliphatic heterocycles. The molecule has 2 saturated heterocycles. The van der Waals surface area contributed by atoms with Crippen molar-refractivity contribution in [2.24, 2.45) is 11.8 Å². The predicted octanol–water partition coefficient (Wildman–Crippen LogP) is 10.6. The van der Waals surface area contributed by atoms with E-state index < -0.39 is 0 Å². The lowest BCUT2D eigenvalue weighted by atomic mass is 9.76. The SMILES string of the molecule is C.C.O=C(Cc1cc[n+](O)cc1)N1CCC([C@@H]2c3ccc(Cl)cc3C=Cc3cc(Br)c[n+](O)c32)CC1.O=C(Cc1cc[n+](O)cc1)N1CCC([C@@H]2c3ccc(Cl)cc3C=Cc3cc(Br)cnc32)CC1. The average Bonchev–Trinajstić information content (AvgIpc) is 3.58. The monoisotopic (exact) mass is 1100 g/mol. The van der Waals surface area contributed by atoms with Gasteiger partial charge >= 0.3 is 0 Å². The third-order valence-corrected chi connectivity index (χ3v) is 14.8. The Balaban J connectivity index is 0.000000198. The predicted molar refractivity (Wildman–Crippen MR) is 275 cm³/mol. The molecule has 15 heteroatoms. The molecule has 2 aliphatic carbocycles. The number of halogens is 4. The number of piperidine rings is 2. The van der Waals surface area contributed by atoms with Crippen LogP contribution in [0.4, 0.5) is 0 Å². The fourth-order valence-electron chi connectivity index (χ4n) is 10.1. The van der Waals surface area contributed by atoms with Crippen molar-refractivity contribution in [3.8, 4) is 0 Å². The maximum absolute atomic E-state index is 12.9. The van der Waals surface area contributed by atoms with E-state index in [0.29, 0.717) is 36.9 Å². The van der Waals surface area contributed by atoms with Gasteiger partial charge in [0, 0.05) is 96.8 Å². The zero-order valence-electron chi connectivity index (χ0n) is 36.4. The first-order chi connectivity index (χ1) is 32.4. The maximum Gasteiger partial charge on any atom is 0.249 e. The summed E-state index contributed by atoms with van der Waals surface area (Å²) in [4.78, 5) is 34.5. The quantitative estimate of drug-likeness (QED) is 0.113. The summed E-state index contributed by atoms with van der Waals surface area (Å²) < 4.78 is 4.95. The number of aromatic nitrogens is 4. The number of hydrogen-bond acceptors (Lipinski definition) is 6. The van der Waals surface area contributed by atoms with Gasteiger partial charge in [0.2, 0.25) is 48.5 Å². The van der Waals surface area contributed by atoms with Crippen LogP contribution < -0.4 is 14.2 Å². The second kappa shape index (κ2) is 22.4. The van der Waals surface area contributed by atoms with Gasteiger partial charge in [0.1, 0.15) is 0 Å². The highest BCUT2D eigenvalue weighted by atomic mass is 79.9. The molecule has 2 aromatic carbocycles. The first-order valence-electron chi connectivity index (χ1n) is 22.4. The Hall–Kier alpha value is -5.60. The molecule has 0 unspecified atom stereocenters. The van der Waals surface area contributed by atoms with Gasteiger partial charge in [0.05, 0.1) is 28.9 Å². The minimum Gasteiger partial charge on any atom is -0.342 e. The van der Waals surface area contributed by atoms with E-state index >= 15 is 0 Å². The number of hydrogen-bond donors (Lipinski definition) is 3. The van der Waals surface area contributed by atoms with Crippen molar-refractivity contribution in [1.82, 2.24) is 14.8 Å². The van der Waals surface area contributed by atoms with Crippen molar-refractivity contribution >= 4 is 91.2 Å². The van der Waals surface area contributed by atoms with Crippen LogP contribution in [0.5, 0.6) is 0 Å². The summed E-state index contributed by atoms with van der Waals surface area (Å²) in [6.45, 7) is 2.80. The zero-order valence-corrected chi connectivity index (χ0v) is 41.1. The molecule has 0 bridgehead atoms. The topological polar surface area (TPSA) is 126 Å². The Morgan fingerprint density at radius 1 is 0.594 bits per heavy atom. The van der Waals surface area contributed by atoms with Gasteiger partial charge in [-0.15, -0.1) is 0 Å². The lowest BCUT2D eigenvalue weighted by molar-refractivity contribution is -0.910. The van der Waals surface area contributed by atoms with Crippen LogP contribution in [0.1, 0.15) is 108 Å². The summed E-state index contributed by atoms with van der Waals surface area (Å²) in [5.41, 5.74) is 10.3. The highest BCUT2D eigenvalue weighted by Crippen LogP contribution is 2.45. The van der Waals surface area contributed by atoms with Crippen molar-refractivity contribution in [2.75, 3.05) is 26.2 Å². The lowest BCUT2D eigenvalue weighted by Crippen LogP contribution is -2.44. The van der Waals surface area contributed by atoms with Gasteiger partial charge in [-0.25, -0.2) is 0 Å². The minimum absolute atomic E-state index is 0. The van der Waals surface area contributed by atoms with Gasteiger partial charge in [-0.3, -0.25) is 30.2 Å². The van der Waals surface area contributed by atoms with Crippen LogP contribution in [0.3, 0.4) is 0 Å². The van der Waals surface area contributed by atoms with Crippen molar-refractivity contribution in [3.63, 3.8) is 0 Å². The number of carbonyl (C=O) groups is 2. The van der Waals surface area contributed by atoms with Gasteiger partial charge in [-0.1, -0.05) is 68.4 Å². The molecule has 0 spiro atoms. The number of benzene rings is 2. The third-order valence-electron chi connectivity index (χ3n) is 13.4. The molecule has 4 aliphatic rings. The van der Waals surface area contributed by atoms with Crippen molar-refractivity contribution in [2.45, 2.75) is 65.2 Å². The molecule has 0 saturated carbocycles. The Morgan fingerprint density at radius 2 is 1.03 bits per heavy atom. The number of likely N-dealkylation sites (tertiary alicyclic amines) is 2. The first-order valence-corrected chi connectivity index (χ1v) is 24.7. The Labute approximate surface area is 430 Å². The average molecular weight is 1100 g/mol. The molecule has 2 atom stereocenters. The molecule has 69 heavy (non-hydrogen) atoms. The molecule has 3 N–H and O–H groups in total. The maximum atomic E-state index is 12.9. The molecule has 10 rings (SSSR count). The van der Waals surface area contributed by atoms with E-state index in [9.17, 15) is 25.2 Å². The standard InChI is InChI=1S/C26H25BrClN3O3.C26H24BrClN3O2.2CH4/c27-21-14-20-2-1-19-15-22(28)3-4-23(19)25(26(20)31(34)16-21)18-7-9-29(10-8-18)24(32)13-17-5-11-30(33)12-6-17;27-21-14-20-2-1-19-15-22(28)3-4-23(19)25(26(20)29-16-21)18-7-9-30(10-8-18)24(32)13-17-5-11-31(33)12-6-17;;/h1-6,11-12,14-16,18,25,33-34H,7-10,13H2;1-6,11-12,14-16,18,25,33H,7-10,13H2;2*1H4/q+2;+1;;/t2*25-;;/m11../s1. The highest BCUT2D eigenvalue weighted by Gasteiger charge is 2.40. The summed E-state index contributed by atoms with van der Waals surface area (Å²) >= 11 is 19.7. The molecular weight excluding hydrogens is 1040 g/mol. The van der Waals surface area contributed by atoms with E-state index in [1.807, 2.05) is 52.4 Å². The van der Waals surface area contributed by atoms with Crippen LogP contribution in [0.15, 0.2) is 119 Å². The van der Waals surface area contributed by atoms with Gasteiger partial charge < -0.3 is 9.80 Å². The number of carbonyl (C=O) groups excluding carboxylic acids is 2. The van der Waals surface area contributed by atoms with E-state index in [4.69, 9.17) is 28.2 Å². The molecule has 11 nitrogen and oxygen atoms in total. The van der Waals surface area contributed by atoms with Gasteiger partial charge in [-0.2, -0.15) is 0 Å². The normalized spacial score (nSPS) is 17.3. The van der Waals surface area contributed by atoms with Crippen LogP contribution in [-0.2, 0) is 22.4 Å². The van der Waals surface area contributed by atoms with E-state index in [1.165, 1.54) is 22.7 Å². The van der Waals surface area contributed by atoms with Crippen LogP contribution >= 0.6 is 55.1 Å². The number of rotatable bonds is 6. The molecule has 2 amide bonds. The lowest BCUT2D eigenvalue weighted by Gasteiger charge is -2.37. The van der Waals surface area contributed by atoms with Crippen molar-refractivity contribution in [1.29, 1.82) is 0 Å². The second-order valence-corrected chi connectivity index (χ2v) is 20.3. The van der Waals surface area contributed by atoms with Crippen molar-refractivity contribution < 1.29 is 39.4 Å². The van der Waals surface area contributed by atoms with Gasteiger partial charge in [0.25, 0.3) is 0 Å². The summed E-state index contributed by atoms with van der Waals surface area (Å²) in [7, 11) is 0. The fraction of sp³-hybridized carbons (Fsp3) is 0.296. The van der Waals surface area contributed by atoms with Gasteiger partial charge in [0.15, 0.2) is 0 Å². The number of pyridine rings is 4. The van der Waals surface area contributed by atoms with Crippen molar-refractivity contribution in [3.05, 3.63) is 185 Å². The summed E-state index contributed by atoms with van der Waals surface area (Å²) in [6.07, 6.45) is 22.2. The smallest absolute Gasteiger partial charge is 0.249 e. The van der Waals surface area contributed by atoms with E-state index in [2.05, 4.69) is 68.3 Å². The first kappa shape index (κ1) is 51.3. The molecule has 2 fully saturated rings. The molecule has 6 heterocycles. The fourth-order valence-corrected chi connectivity index (χ4v) is 11.3. The Morgan fingerprint density at radius 3 is 1.54 bits per heavy atom. The largest absolute Gasteiger partial charge is 0.342 e. The second-order valence-electron chi connectivity index (χ2n) is 17.6. The number of fused-ring (bicyclic) bond motifs is 4. The zero-order chi connectivity index (χ0) is 46.8. The van der Waals surface area contributed by atoms with Crippen LogP contribution in [-0.4, -0.2) is 68.4 Å². The molecule has 358 valence electrons. The molecule has 6 aromatic rings. The molecule has 0 radical (unpaired) electrons. The third kappa shape index (κ3) is 11.7. The molecule has 4 aromatic heterocycles. The Kier molecular flexibility index (Phi) is 16.7. The summed E-state index contributed by atoms with van der Waals surface area (Å²) in [5, 5.41) is 31.1.